The molecule has 0 saturated heterocycles. The molecule has 1 aromatic heterocycles. The average Bonchev–Trinajstić information content (AvgIpc) is 2.92. The van der Waals surface area contributed by atoms with Crippen LogP contribution in [0.25, 0.3) is 0 Å². The maximum absolute atomic E-state index is 11.9. The van der Waals surface area contributed by atoms with E-state index in [1.807, 2.05) is 5.38 Å². The molecule has 0 aliphatic heterocycles. The zero-order valence-corrected chi connectivity index (χ0v) is 12.8. The van der Waals surface area contributed by atoms with Crippen molar-refractivity contribution < 1.29 is 14.7 Å². The summed E-state index contributed by atoms with van der Waals surface area (Å²) in [5, 5.41) is 19.2. The van der Waals surface area contributed by atoms with Gasteiger partial charge in [0.05, 0.1) is 12.1 Å². The van der Waals surface area contributed by atoms with Gasteiger partial charge < -0.3 is 15.7 Å². The van der Waals surface area contributed by atoms with Crippen molar-refractivity contribution >= 4 is 23.2 Å². The SMILES string of the molecule is O=C(CCNC(=O)c1ccsc1)NC1CCCCCC1O. The quantitative estimate of drug-likeness (QED) is 0.724. The van der Waals surface area contributed by atoms with E-state index in [-0.39, 0.29) is 24.3 Å². The van der Waals surface area contributed by atoms with Gasteiger partial charge >= 0.3 is 0 Å². The smallest absolute Gasteiger partial charge is 0.252 e. The van der Waals surface area contributed by atoms with Gasteiger partial charge in [-0.3, -0.25) is 9.59 Å². The van der Waals surface area contributed by atoms with E-state index in [4.69, 9.17) is 0 Å². The van der Waals surface area contributed by atoms with Crippen LogP contribution in [0.1, 0.15) is 48.9 Å². The zero-order chi connectivity index (χ0) is 15.1. The maximum atomic E-state index is 11.9. The topological polar surface area (TPSA) is 78.4 Å². The number of amides is 2. The first-order valence-electron chi connectivity index (χ1n) is 7.44. The molecule has 6 heteroatoms. The van der Waals surface area contributed by atoms with E-state index < -0.39 is 6.10 Å². The molecule has 5 nitrogen and oxygen atoms in total. The van der Waals surface area contributed by atoms with E-state index in [9.17, 15) is 14.7 Å². The van der Waals surface area contributed by atoms with E-state index in [0.717, 1.165) is 32.1 Å². The lowest BCUT2D eigenvalue weighted by atomic mass is 10.1. The number of thiophene rings is 1. The number of hydrogen-bond donors (Lipinski definition) is 3. The molecule has 0 bridgehead atoms. The molecule has 21 heavy (non-hydrogen) atoms. The van der Waals surface area contributed by atoms with Crippen molar-refractivity contribution in [3.8, 4) is 0 Å². The van der Waals surface area contributed by atoms with Crippen LogP contribution in [-0.2, 0) is 4.79 Å². The molecule has 2 unspecified atom stereocenters. The van der Waals surface area contributed by atoms with E-state index in [1.165, 1.54) is 11.3 Å². The Hall–Kier alpha value is -1.40. The van der Waals surface area contributed by atoms with Gasteiger partial charge in [-0.1, -0.05) is 19.3 Å². The van der Waals surface area contributed by atoms with Crippen LogP contribution in [0.2, 0.25) is 0 Å². The number of carbonyl (C=O) groups is 2. The predicted molar refractivity (Wildman–Crippen MR) is 82.3 cm³/mol. The molecular formula is C15H22N2O3S. The highest BCUT2D eigenvalue weighted by molar-refractivity contribution is 7.08. The molecule has 1 fully saturated rings. The fraction of sp³-hybridized carbons (Fsp3) is 0.600. The standard InChI is InChI=1S/C15H22N2O3S/c18-13-5-3-1-2-4-12(13)17-14(19)6-8-16-15(20)11-7-9-21-10-11/h7,9-10,12-13,18H,1-6,8H2,(H,16,20)(H,17,19). The van der Waals surface area contributed by atoms with Crippen molar-refractivity contribution in [2.24, 2.45) is 0 Å². The molecule has 1 aliphatic rings. The molecular weight excluding hydrogens is 288 g/mol. The van der Waals surface area contributed by atoms with Gasteiger partial charge in [0.2, 0.25) is 5.91 Å². The Morgan fingerprint density at radius 3 is 2.86 bits per heavy atom. The third kappa shape index (κ3) is 5.13. The molecule has 3 N–H and O–H groups in total. The van der Waals surface area contributed by atoms with Crippen LogP contribution < -0.4 is 10.6 Å². The van der Waals surface area contributed by atoms with Crippen molar-refractivity contribution in [2.45, 2.75) is 50.7 Å². The maximum Gasteiger partial charge on any atom is 0.252 e. The summed E-state index contributed by atoms with van der Waals surface area (Å²) in [6.45, 7) is 0.309. The summed E-state index contributed by atoms with van der Waals surface area (Å²) in [4.78, 5) is 23.6. The van der Waals surface area contributed by atoms with Gasteiger partial charge in [0.25, 0.3) is 5.91 Å². The lowest BCUT2D eigenvalue weighted by molar-refractivity contribution is -0.122. The molecule has 2 amide bonds. The Morgan fingerprint density at radius 1 is 1.29 bits per heavy atom. The van der Waals surface area contributed by atoms with Crippen molar-refractivity contribution in [3.05, 3.63) is 22.4 Å². The second-order valence-electron chi connectivity index (χ2n) is 5.40. The molecule has 116 valence electrons. The van der Waals surface area contributed by atoms with E-state index >= 15 is 0 Å². The second-order valence-corrected chi connectivity index (χ2v) is 6.18. The Kier molecular flexibility index (Phi) is 6.20. The summed E-state index contributed by atoms with van der Waals surface area (Å²) in [5.41, 5.74) is 0.625. The van der Waals surface area contributed by atoms with Crippen LogP contribution in [0.3, 0.4) is 0 Å². The fourth-order valence-corrected chi connectivity index (χ4v) is 3.16. The molecule has 0 aromatic carbocycles. The first-order valence-corrected chi connectivity index (χ1v) is 8.39. The van der Waals surface area contributed by atoms with E-state index in [1.54, 1.807) is 11.4 Å². The number of aliphatic hydroxyl groups excluding tert-OH is 1. The van der Waals surface area contributed by atoms with Crippen LogP contribution in [0.15, 0.2) is 16.8 Å². The Morgan fingerprint density at radius 2 is 2.10 bits per heavy atom. The minimum atomic E-state index is -0.447. The third-order valence-electron chi connectivity index (χ3n) is 3.75. The van der Waals surface area contributed by atoms with E-state index in [2.05, 4.69) is 10.6 Å². The van der Waals surface area contributed by atoms with Crippen LogP contribution in [0.5, 0.6) is 0 Å². The van der Waals surface area contributed by atoms with Gasteiger partial charge in [0.15, 0.2) is 0 Å². The largest absolute Gasteiger partial charge is 0.391 e. The lowest BCUT2D eigenvalue weighted by Crippen LogP contribution is -2.43. The molecule has 1 saturated carbocycles. The number of carbonyl (C=O) groups excluding carboxylic acids is 2. The predicted octanol–water partition coefficient (Wildman–Crippen LogP) is 1.68. The van der Waals surface area contributed by atoms with E-state index in [0.29, 0.717) is 12.1 Å². The minimum Gasteiger partial charge on any atom is -0.391 e. The second kappa shape index (κ2) is 8.14. The van der Waals surface area contributed by atoms with Crippen LogP contribution >= 0.6 is 11.3 Å². The first kappa shape index (κ1) is 16.0. The van der Waals surface area contributed by atoms with Crippen molar-refractivity contribution in [3.63, 3.8) is 0 Å². The van der Waals surface area contributed by atoms with Crippen molar-refractivity contribution in [1.29, 1.82) is 0 Å². The Bertz CT molecular complexity index is 461. The number of aliphatic hydroxyl groups is 1. The highest BCUT2D eigenvalue weighted by Crippen LogP contribution is 2.18. The van der Waals surface area contributed by atoms with Crippen molar-refractivity contribution in [1.82, 2.24) is 10.6 Å². The zero-order valence-electron chi connectivity index (χ0n) is 12.0. The fourth-order valence-electron chi connectivity index (χ4n) is 2.52. The summed E-state index contributed by atoms with van der Waals surface area (Å²) >= 11 is 1.47. The van der Waals surface area contributed by atoms with Gasteiger partial charge in [-0.05, 0) is 24.3 Å². The van der Waals surface area contributed by atoms with Gasteiger partial charge in [0, 0.05) is 23.9 Å². The van der Waals surface area contributed by atoms with Gasteiger partial charge in [0.1, 0.15) is 0 Å². The summed E-state index contributed by atoms with van der Waals surface area (Å²) in [6, 6.07) is 1.61. The van der Waals surface area contributed by atoms with Gasteiger partial charge in [-0.2, -0.15) is 11.3 Å². The molecule has 1 heterocycles. The molecule has 0 spiro atoms. The summed E-state index contributed by atoms with van der Waals surface area (Å²) in [6.07, 6.45) is 4.53. The average molecular weight is 310 g/mol. The van der Waals surface area contributed by atoms with Gasteiger partial charge in [-0.25, -0.2) is 0 Å². The summed E-state index contributed by atoms with van der Waals surface area (Å²) in [7, 11) is 0. The first-order chi connectivity index (χ1) is 10.2. The monoisotopic (exact) mass is 310 g/mol. The summed E-state index contributed by atoms with van der Waals surface area (Å²) in [5.74, 6) is -0.273. The molecule has 2 rings (SSSR count). The minimum absolute atomic E-state index is 0.119. The van der Waals surface area contributed by atoms with Gasteiger partial charge in [-0.15, -0.1) is 0 Å². The van der Waals surface area contributed by atoms with Crippen molar-refractivity contribution in [2.75, 3.05) is 6.54 Å². The highest BCUT2D eigenvalue weighted by atomic mass is 32.1. The molecule has 2 atom stereocenters. The van der Waals surface area contributed by atoms with Crippen LogP contribution in [0, 0.1) is 0 Å². The Balaban J connectivity index is 1.68. The third-order valence-corrected chi connectivity index (χ3v) is 4.43. The molecule has 1 aliphatic carbocycles. The highest BCUT2D eigenvalue weighted by Gasteiger charge is 2.22. The normalized spacial score (nSPS) is 22.3. The van der Waals surface area contributed by atoms with Crippen LogP contribution in [0.4, 0.5) is 0 Å². The number of hydrogen-bond acceptors (Lipinski definition) is 4. The number of rotatable bonds is 5. The number of nitrogens with one attached hydrogen (secondary N) is 2. The lowest BCUT2D eigenvalue weighted by Gasteiger charge is -2.21. The van der Waals surface area contributed by atoms with Crippen LogP contribution in [-0.4, -0.2) is 35.6 Å². The summed E-state index contributed by atoms with van der Waals surface area (Å²) < 4.78 is 0. The molecule has 0 radical (unpaired) electrons. The Labute approximate surface area is 128 Å². The molecule has 1 aromatic rings.